The molecule has 0 fully saturated rings. The second-order valence-electron chi connectivity index (χ2n) is 6.14. The SMILES string of the molecule is CCCCCCCCCCCCN(Cc1ccccc1)N=O. The maximum Gasteiger partial charge on any atom is 0.0642 e. The van der Waals surface area contributed by atoms with Crippen LogP contribution >= 0.6 is 0 Å². The molecule has 3 heteroatoms. The van der Waals surface area contributed by atoms with Crippen molar-refractivity contribution in [3.63, 3.8) is 0 Å². The maximum atomic E-state index is 10.9. The van der Waals surface area contributed by atoms with Gasteiger partial charge in [0, 0.05) is 6.54 Å². The molecule has 3 nitrogen and oxygen atoms in total. The molecule has 0 aliphatic carbocycles. The van der Waals surface area contributed by atoms with Crippen LogP contribution < -0.4 is 0 Å². The van der Waals surface area contributed by atoms with E-state index in [1.807, 2.05) is 30.3 Å². The van der Waals surface area contributed by atoms with E-state index in [1.165, 1.54) is 57.8 Å². The molecule has 0 aliphatic rings. The van der Waals surface area contributed by atoms with Crippen molar-refractivity contribution in [2.75, 3.05) is 6.54 Å². The van der Waals surface area contributed by atoms with Gasteiger partial charge < -0.3 is 0 Å². The molecule has 22 heavy (non-hydrogen) atoms. The van der Waals surface area contributed by atoms with Crippen molar-refractivity contribution >= 4 is 0 Å². The Balaban J connectivity index is 1.97. The van der Waals surface area contributed by atoms with E-state index in [0.717, 1.165) is 18.5 Å². The minimum Gasteiger partial charge on any atom is -0.256 e. The highest BCUT2D eigenvalue weighted by atomic mass is 16.3. The van der Waals surface area contributed by atoms with Crippen molar-refractivity contribution in [1.29, 1.82) is 0 Å². The molecule has 1 rings (SSSR count). The molecule has 0 N–H and O–H groups in total. The van der Waals surface area contributed by atoms with Crippen molar-refractivity contribution in [3.05, 3.63) is 40.8 Å². The van der Waals surface area contributed by atoms with Gasteiger partial charge in [-0.2, -0.15) is 0 Å². The summed E-state index contributed by atoms with van der Waals surface area (Å²) in [4.78, 5) is 10.9. The fourth-order valence-electron chi connectivity index (χ4n) is 2.72. The van der Waals surface area contributed by atoms with Crippen LogP contribution in [0.25, 0.3) is 0 Å². The first-order valence-electron chi connectivity index (χ1n) is 8.99. The molecular weight excluding hydrogens is 272 g/mol. The zero-order chi connectivity index (χ0) is 15.9. The number of hydrogen-bond donors (Lipinski definition) is 0. The Morgan fingerprint density at radius 2 is 1.36 bits per heavy atom. The number of nitroso groups, excluding NO2 is 1. The lowest BCUT2D eigenvalue weighted by Gasteiger charge is -2.15. The summed E-state index contributed by atoms with van der Waals surface area (Å²) in [5, 5.41) is 4.78. The minimum absolute atomic E-state index is 0.627. The third-order valence-electron chi connectivity index (χ3n) is 4.09. The molecule has 0 heterocycles. The molecular formula is C19H32N2O. The zero-order valence-corrected chi connectivity index (χ0v) is 14.2. The maximum absolute atomic E-state index is 10.9. The van der Waals surface area contributed by atoms with E-state index in [4.69, 9.17) is 0 Å². The van der Waals surface area contributed by atoms with Crippen molar-refractivity contribution in [1.82, 2.24) is 5.01 Å². The Morgan fingerprint density at radius 1 is 0.818 bits per heavy atom. The lowest BCUT2D eigenvalue weighted by Crippen LogP contribution is -2.17. The molecule has 1 aromatic carbocycles. The molecule has 0 atom stereocenters. The van der Waals surface area contributed by atoms with Crippen LogP contribution in [0.3, 0.4) is 0 Å². The molecule has 1 aromatic rings. The number of unbranched alkanes of at least 4 members (excludes halogenated alkanes) is 9. The average Bonchev–Trinajstić information content (AvgIpc) is 2.56. The highest BCUT2D eigenvalue weighted by Gasteiger charge is 2.03. The van der Waals surface area contributed by atoms with Gasteiger partial charge in [0.15, 0.2) is 0 Å². The van der Waals surface area contributed by atoms with E-state index >= 15 is 0 Å². The second-order valence-corrected chi connectivity index (χ2v) is 6.14. The summed E-state index contributed by atoms with van der Waals surface area (Å²) in [6, 6.07) is 10.1. The monoisotopic (exact) mass is 304 g/mol. The Morgan fingerprint density at radius 3 is 1.91 bits per heavy atom. The fraction of sp³-hybridized carbons (Fsp3) is 0.684. The molecule has 0 spiro atoms. The quantitative estimate of drug-likeness (QED) is 0.237. The molecule has 0 aromatic heterocycles. The molecule has 124 valence electrons. The first-order valence-corrected chi connectivity index (χ1v) is 8.99. The van der Waals surface area contributed by atoms with Crippen molar-refractivity contribution < 1.29 is 0 Å². The number of nitrogens with zero attached hydrogens (tertiary/aromatic N) is 2. The number of hydrogen-bond acceptors (Lipinski definition) is 2. The smallest absolute Gasteiger partial charge is 0.0642 e. The van der Waals surface area contributed by atoms with Gasteiger partial charge in [0.1, 0.15) is 0 Å². The summed E-state index contributed by atoms with van der Waals surface area (Å²) in [7, 11) is 0. The molecule has 0 radical (unpaired) electrons. The van der Waals surface area contributed by atoms with E-state index in [-0.39, 0.29) is 0 Å². The van der Waals surface area contributed by atoms with Gasteiger partial charge in [-0.25, -0.2) is 0 Å². The van der Waals surface area contributed by atoms with Crippen LogP contribution in [-0.2, 0) is 6.54 Å². The van der Waals surface area contributed by atoms with Crippen LogP contribution in [0.2, 0.25) is 0 Å². The van der Waals surface area contributed by atoms with Gasteiger partial charge in [-0.05, 0) is 12.0 Å². The summed E-state index contributed by atoms with van der Waals surface area (Å²) >= 11 is 0. The Labute approximate surface area is 136 Å². The number of benzene rings is 1. The van der Waals surface area contributed by atoms with Crippen LogP contribution in [0.1, 0.15) is 76.7 Å². The van der Waals surface area contributed by atoms with E-state index in [2.05, 4.69) is 12.2 Å². The largest absolute Gasteiger partial charge is 0.256 e. The molecule has 0 unspecified atom stereocenters. The van der Waals surface area contributed by atoms with Gasteiger partial charge in [0.05, 0.1) is 11.8 Å². The van der Waals surface area contributed by atoms with Crippen molar-refractivity contribution in [2.24, 2.45) is 5.29 Å². The molecule has 0 bridgehead atoms. The molecule has 0 aliphatic heterocycles. The molecule has 0 saturated heterocycles. The standard InChI is InChI=1S/C19H32N2O/c1-2-3-4-5-6-7-8-9-10-14-17-21(20-22)18-19-15-12-11-13-16-19/h11-13,15-16H,2-10,14,17-18H2,1H3. The average molecular weight is 304 g/mol. The van der Waals surface area contributed by atoms with Gasteiger partial charge in [-0.1, -0.05) is 95.0 Å². The van der Waals surface area contributed by atoms with E-state index < -0.39 is 0 Å². The Kier molecular flexibility index (Phi) is 11.3. The van der Waals surface area contributed by atoms with Gasteiger partial charge >= 0.3 is 0 Å². The predicted octanol–water partition coefficient (Wildman–Crippen LogP) is 6.09. The van der Waals surface area contributed by atoms with E-state index in [0.29, 0.717) is 6.54 Å². The summed E-state index contributed by atoms with van der Waals surface area (Å²) in [5.41, 5.74) is 1.15. The van der Waals surface area contributed by atoms with E-state index in [1.54, 1.807) is 5.01 Å². The van der Waals surface area contributed by atoms with Crippen molar-refractivity contribution in [3.8, 4) is 0 Å². The second kappa shape index (κ2) is 13.3. The minimum atomic E-state index is 0.627. The van der Waals surface area contributed by atoms with Crippen LogP contribution in [-0.4, -0.2) is 11.6 Å². The fourth-order valence-corrected chi connectivity index (χ4v) is 2.72. The summed E-state index contributed by atoms with van der Waals surface area (Å²) in [6.45, 7) is 3.66. The third-order valence-corrected chi connectivity index (χ3v) is 4.09. The van der Waals surface area contributed by atoms with Crippen LogP contribution in [0.15, 0.2) is 35.6 Å². The summed E-state index contributed by atoms with van der Waals surface area (Å²) in [6.07, 6.45) is 13.1. The van der Waals surface area contributed by atoms with Crippen LogP contribution in [0.5, 0.6) is 0 Å². The summed E-state index contributed by atoms with van der Waals surface area (Å²) < 4.78 is 0. The van der Waals surface area contributed by atoms with Crippen LogP contribution in [0.4, 0.5) is 0 Å². The van der Waals surface area contributed by atoms with Gasteiger partial charge in [-0.15, -0.1) is 4.91 Å². The van der Waals surface area contributed by atoms with Crippen molar-refractivity contribution in [2.45, 2.75) is 77.7 Å². The van der Waals surface area contributed by atoms with Gasteiger partial charge in [0.2, 0.25) is 0 Å². The normalized spacial score (nSPS) is 10.6. The summed E-state index contributed by atoms with van der Waals surface area (Å²) in [5.74, 6) is 0. The number of rotatable bonds is 14. The van der Waals surface area contributed by atoms with Crippen LogP contribution in [0, 0.1) is 4.91 Å². The highest BCUT2D eigenvalue weighted by Crippen LogP contribution is 2.11. The molecule has 0 amide bonds. The molecule has 0 saturated carbocycles. The van der Waals surface area contributed by atoms with Gasteiger partial charge in [0.25, 0.3) is 0 Å². The lowest BCUT2D eigenvalue weighted by atomic mass is 10.1. The first kappa shape index (κ1) is 18.7. The first-order chi connectivity index (χ1) is 10.9. The third kappa shape index (κ3) is 9.54. The lowest BCUT2D eigenvalue weighted by molar-refractivity contribution is 0.268. The van der Waals surface area contributed by atoms with Gasteiger partial charge in [-0.3, -0.25) is 5.01 Å². The van der Waals surface area contributed by atoms with E-state index in [9.17, 15) is 4.91 Å². The topological polar surface area (TPSA) is 32.7 Å². The predicted molar refractivity (Wildman–Crippen MR) is 94.5 cm³/mol. The Hall–Kier alpha value is -1.38. The highest BCUT2D eigenvalue weighted by molar-refractivity contribution is 5.14. The zero-order valence-electron chi connectivity index (χ0n) is 14.2. The Bertz CT molecular complexity index is 367.